The van der Waals surface area contributed by atoms with Gasteiger partial charge in [0.2, 0.25) is 0 Å². The van der Waals surface area contributed by atoms with Gasteiger partial charge >= 0.3 is 0 Å². The fourth-order valence-electron chi connectivity index (χ4n) is 3.13. The lowest BCUT2D eigenvalue weighted by Crippen LogP contribution is -2.56. The quantitative estimate of drug-likeness (QED) is 0.880. The Bertz CT molecular complexity index is 354. The van der Waals surface area contributed by atoms with E-state index in [1.54, 1.807) is 11.3 Å². The Morgan fingerprint density at radius 1 is 1.41 bits per heavy atom. The van der Waals surface area contributed by atoms with Gasteiger partial charge in [0.1, 0.15) is 0 Å². The van der Waals surface area contributed by atoms with Crippen LogP contribution >= 0.6 is 11.3 Å². The van der Waals surface area contributed by atoms with Crippen molar-refractivity contribution in [2.75, 3.05) is 26.2 Å². The van der Waals surface area contributed by atoms with Crippen molar-refractivity contribution in [1.82, 2.24) is 9.80 Å². The predicted octanol–water partition coefficient (Wildman–Crippen LogP) is 1.39. The Morgan fingerprint density at radius 3 is 3.12 bits per heavy atom. The van der Waals surface area contributed by atoms with Crippen molar-refractivity contribution < 1.29 is 5.11 Å². The first-order valence-corrected chi connectivity index (χ1v) is 7.41. The molecule has 0 unspecified atom stereocenters. The average molecular weight is 252 g/mol. The van der Waals surface area contributed by atoms with Gasteiger partial charge in [-0.25, -0.2) is 0 Å². The fourth-order valence-corrected chi connectivity index (χ4v) is 3.79. The lowest BCUT2D eigenvalue weighted by molar-refractivity contribution is 0.0171. The van der Waals surface area contributed by atoms with Gasteiger partial charge in [-0.2, -0.15) is 11.3 Å². The summed E-state index contributed by atoms with van der Waals surface area (Å²) >= 11 is 1.76. The first-order valence-electron chi connectivity index (χ1n) is 6.47. The number of hydrogen-bond donors (Lipinski definition) is 1. The second-order valence-corrected chi connectivity index (χ2v) is 5.97. The Labute approximate surface area is 107 Å². The van der Waals surface area contributed by atoms with Crippen molar-refractivity contribution in [2.24, 2.45) is 0 Å². The minimum atomic E-state index is 0.285. The lowest BCUT2D eigenvalue weighted by atomic mass is 10.1. The summed E-state index contributed by atoms with van der Waals surface area (Å²) in [5, 5.41) is 13.9. The zero-order valence-corrected chi connectivity index (χ0v) is 10.9. The summed E-state index contributed by atoms with van der Waals surface area (Å²) in [4.78, 5) is 5.03. The van der Waals surface area contributed by atoms with Crippen LogP contribution in [0.3, 0.4) is 0 Å². The number of aliphatic hydroxyl groups is 1. The largest absolute Gasteiger partial charge is 0.395 e. The Balaban J connectivity index is 1.69. The molecule has 2 fully saturated rings. The molecule has 1 N–H and O–H groups in total. The maximum absolute atomic E-state index is 9.54. The molecule has 94 valence electrons. The molecule has 1 aromatic rings. The molecule has 0 aliphatic carbocycles. The van der Waals surface area contributed by atoms with E-state index in [0.29, 0.717) is 6.04 Å². The third kappa shape index (κ3) is 2.40. The predicted molar refractivity (Wildman–Crippen MR) is 70.2 cm³/mol. The summed E-state index contributed by atoms with van der Waals surface area (Å²) in [6, 6.07) is 3.25. The molecule has 2 aliphatic rings. The van der Waals surface area contributed by atoms with Gasteiger partial charge in [-0.05, 0) is 41.8 Å². The molecule has 1 aromatic heterocycles. The summed E-state index contributed by atoms with van der Waals surface area (Å²) in [5.41, 5.74) is 1.39. The average Bonchev–Trinajstić information content (AvgIpc) is 2.98. The van der Waals surface area contributed by atoms with Gasteiger partial charge in [0, 0.05) is 31.7 Å². The summed E-state index contributed by atoms with van der Waals surface area (Å²) in [7, 11) is 0. The van der Waals surface area contributed by atoms with Crippen molar-refractivity contribution in [1.29, 1.82) is 0 Å². The summed E-state index contributed by atoms with van der Waals surface area (Å²) in [5.74, 6) is 0. The molecule has 0 amide bonds. The Kier molecular flexibility index (Phi) is 3.47. The van der Waals surface area contributed by atoms with Crippen LogP contribution in [0.5, 0.6) is 0 Å². The van der Waals surface area contributed by atoms with E-state index in [1.165, 1.54) is 24.9 Å². The maximum Gasteiger partial charge on any atom is 0.0599 e. The SMILES string of the molecule is OC[C@H]1CN2CCC[C@H]2CN1Cc1ccsc1. The van der Waals surface area contributed by atoms with Crippen LogP contribution in [-0.2, 0) is 6.54 Å². The number of hydrogen-bond acceptors (Lipinski definition) is 4. The van der Waals surface area contributed by atoms with Crippen LogP contribution in [0.15, 0.2) is 16.8 Å². The smallest absolute Gasteiger partial charge is 0.0599 e. The molecule has 3 heterocycles. The van der Waals surface area contributed by atoms with Crippen molar-refractivity contribution in [3.05, 3.63) is 22.4 Å². The summed E-state index contributed by atoms with van der Waals surface area (Å²) in [6.45, 7) is 4.69. The molecule has 17 heavy (non-hydrogen) atoms. The fraction of sp³-hybridized carbons (Fsp3) is 0.692. The minimum absolute atomic E-state index is 0.285. The summed E-state index contributed by atoms with van der Waals surface area (Å²) < 4.78 is 0. The monoisotopic (exact) mass is 252 g/mol. The normalized spacial score (nSPS) is 30.6. The summed E-state index contributed by atoms with van der Waals surface area (Å²) in [6.07, 6.45) is 2.66. The minimum Gasteiger partial charge on any atom is -0.395 e. The molecule has 0 radical (unpaired) electrons. The van der Waals surface area contributed by atoms with Crippen molar-refractivity contribution in [3.8, 4) is 0 Å². The molecule has 3 rings (SSSR count). The first-order chi connectivity index (χ1) is 8.36. The molecular weight excluding hydrogens is 232 g/mol. The molecule has 3 nitrogen and oxygen atoms in total. The standard InChI is InChI=1S/C13H20N2OS/c16-9-13-8-14-4-1-2-12(14)7-15(13)6-11-3-5-17-10-11/h3,5,10,12-13,16H,1-2,4,6-9H2/t12-,13+/m0/s1. The number of piperazine rings is 1. The number of aliphatic hydroxyl groups excluding tert-OH is 1. The van der Waals surface area contributed by atoms with E-state index < -0.39 is 0 Å². The van der Waals surface area contributed by atoms with Crippen LogP contribution in [0.1, 0.15) is 18.4 Å². The Morgan fingerprint density at radius 2 is 2.35 bits per heavy atom. The van der Waals surface area contributed by atoms with Gasteiger partial charge in [0.15, 0.2) is 0 Å². The van der Waals surface area contributed by atoms with Crippen LogP contribution in [0.25, 0.3) is 0 Å². The van der Waals surface area contributed by atoms with Gasteiger partial charge in [-0.1, -0.05) is 0 Å². The first kappa shape index (κ1) is 11.7. The maximum atomic E-state index is 9.54. The van der Waals surface area contributed by atoms with Crippen LogP contribution in [0.2, 0.25) is 0 Å². The van der Waals surface area contributed by atoms with E-state index in [0.717, 1.165) is 25.7 Å². The van der Waals surface area contributed by atoms with Gasteiger partial charge in [-0.15, -0.1) is 0 Å². The molecule has 0 spiro atoms. The number of thiophene rings is 1. The van der Waals surface area contributed by atoms with Crippen LogP contribution in [0.4, 0.5) is 0 Å². The lowest BCUT2D eigenvalue weighted by Gasteiger charge is -2.43. The van der Waals surface area contributed by atoms with Gasteiger partial charge in [-0.3, -0.25) is 9.80 Å². The van der Waals surface area contributed by atoms with E-state index >= 15 is 0 Å². The van der Waals surface area contributed by atoms with E-state index in [2.05, 4.69) is 26.6 Å². The zero-order valence-electron chi connectivity index (χ0n) is 10.1. The third-order valence-corrected chi connectivity index (χ3v) is 4.81. The van der Waals surface area contributed by atoms with E-state index in [9.17, 15) is 5.11 Å². The molecule has 0 saturated carbocycles. The number of rotatable bonds is 3. The van der Waals surface area contributed by atoms with Crippen molar-refractivity contribution in [3.63, 3.8) is 0 Å². The highest BCUT2D eigenvalue weighted by Gasteiger charge is 2.35. The molecular formula is C13H20N2OS. The van der Waals surface area contributed by atoms with Gasteiger partial charge in [0.05, 0.1) is 6.61 Å². The highest BCUT2D eigenvalue weighted by molar-refractivity contribution is 7.07. The highest BCUT2D eigenvalue weighted by Crippen LogP contribution is 2.26. The van der Waals surface area contributed by atoms with E-state index in [4.69, 9.17) is 0 Å². The second-order valence-electron chi connectivity index (χ2n) is 5.19. The topological polar surface area (TPSA) is 26.7 Å². The van der Waals surface area contributed by atoms with Gasteiger partial charge in [0.25, 0.3) is 0 Å². The van der Waals surface area contributed by atoms with Crippen LogP contribution in [-0.4, -0.2) is 53.2 Å². The second kappa shape index (κ2) is 5.06. The van der Waals surface area contributed by atoms with Crippen LogP contribution in [0, 0.1) is 0 Å². The molecule has 2 aliphatic heterocycles. The molecule has 2 atom stereocenters. The van der Waals surface area contributed by atoms with Gasteiger partial charge < -0.3 is 5.11 Å². The highest BCUT2D eigenvalue weighted by atomic mass is 32.1. The molecule has 0 aromatic carbocycles. The zero-order chi connectivity index (χ0) is 11.7. The Hall–Kier alpha value is -0.420. The molecule has 0 bridgehead atoms. The van der Waals surface area contributed by atoms with Crippen molar-refractivity contribution in [2.45, 2.75) is 31.5 Å². The van der Waals surface area contributed by atoms with Crippen molar-refractivity contribution >= 4 is 11.3 Å². The third-order valence-electron chi connectivity index (χ3n) is 4.08. The number of fused-ring (bicyclic) bond motifs is 1. The van der Waals surface area contributed by atoms with E-state index in [1.807, 2.05) is 0 Å². The molecule has 2 saturated heterocycles. The van der Waals surface area contributed by atoms with Crippen LogP contribution < -0.4 is 0 Å². The van der Waals surface area contributed by atoms with E-state index in [-0.39, 0.29) is 6.61 Å². The molecule has 4 heteroatoms. The number of nitrogens with zero attached hydrogens (tertiary/aromatic N) is 2.